The van der Waals surface area contributed by atoms with Crippen LogP contribution in [0.4, 0.5) is 5.69 Å². The number of hydrogen-bond donors (Lipinski definition) is 2. The fourth-order valence-electron chi connectivity index (χ4n) is 1.66. The minimum absolute atomic E-state index is 0.355. The second-order valence-corrected chi connectivity index (χ2v) is 4.30. The van der Waals surface area contributed by atoms with E-state index in [1.54, 1.807) is 25.1 Å². The summed E-state index contributed by atoms with van der Waals surface area (Å²) in [6.45, 7) is 3.62. The maximum absolute atomic E-state index is 11.0. The van der Waals surface area contributed by atoms with Crippen molar-refractivity contribution in [3.63, 3.8) is 0 Å². The molecule has 0 saturated carbocycles. The number of nitrogens with two attached hydrogens (primary N) is 1. The van der Waals surface area contributed by atoms with Crippen molar-refractivity contribution < 1.29 is 9.90 Å². The molecule has 1 rings (SSSR count). The minimum atomic E-state index is -0.901. The van der Waals surface area contributed by atoms with E-state index in [-0.39, 0.29) is 0 Å². The molecule has 3 N–H and O–H groups in total. The van der Waals surface area contributed by atoms with Crippen LogP contribution in [0.2, 0.25) is 5.02 Å². The average molecular weight is 254 g/mol. The molecule has 92 valence electrons. The van der Waals surface area contributed by atoms with Gasteiger partial charge in [0.25, 0.3) is 0 Å². The van der Waals surface area contributed by atoms with Gasteiger partial charge in [0.15, 0.2) is 0 Å². The number of halogens is 1. The molecule has 0 amide bonds. The van der Waals surface area contributed by atoms with Crippen molar-refractivity contribution in [2.24, 2.45) is 0 Å². The molecule has 0 heterocycles. The summed E-state index contributed by atoms with van der Waals surface area (Å²) in [5.41, 5.74) is 8.19. The maximum Gasteiger partial charge on any atom is 0.331 e. The van der Waals surface area contributed by atoms with E-state index < -0.39 is 5.97 Å². The summed E-state index contributed by atoms with van der Waals surface area (Å²) in [6, 6.07) is 5.22. The molecule has 4 heteroatoms. The second-order valence-electron chi connectivity index (χ2n) is 3.89. The third kappa shape index (κ3) is 3.24. The quantitative estimate of drug-likeness (QED) is 0.637. The third-order valence-electron chi connectivity index (χ3n) is 2.62. The molecule has 0 spiro atoms. The Kier molecular flexibility index (Phi) is 4.58. The number of benzene rings is 1. The molecule has 0 aliphatic carbocycles. The first-order valence-corrected chi connectivity index (χ1v) is 5.83. The third-order valence-corrected chi connectivity index (χ3v) is 2.96. The highest BCUT2D eigenvalue weighted by molar-refractivity contribution is 6.33. The van der Waals surface area contributed by atoms with Crippen molar-refractivity contribution in [1.82, 2.24) is 0 Å². The summed E-state index contributed by atoms with van der Waals surface area (Å²) >= 11 is 5.85. The average Bonchev–Trinajstić information content (AvgIpc) is 2.29. The van der Waals surface area contributed by atoms with Crippen LogP contribution < -0.4 is 5.73 Å². The van der Waals surface area contributed by atoms with Crippen molar-refractivity contribution in [1.29, 1.82) is 0 Å². The van der Waals surface area contributed by atoms with Gasteiger partial charge in [0.05, 0.1) is 10.7 Å². The van der Waals surface area contributed by atoms with E-state index >= 15 is 0 Å². The number of nitrogen functional groups attached to an aromatic ring is 1. The van der Waals surface area contributed by atoms with Gasteiger partial charge in [0.2, 0.25) is 0 Å². The summed E-state index contributed by atoms with van der Waals surface area (Å²) in [6.07, 6.45) is 1.59. The van der Waals surface area contributed by atoms with Crippen molar-refractivity contribution >= 4 is 28.8 Å². The molecule has 0 aromatic heterocycles. The molecule has 0 unspecified atom stereocenters. The van der Waals surface area contributed by atoms with Crippen molar-refractivity contribution in [2.75, 3.05) is 5.73 Å². The Labute approximate surface area is 106 Å². The number of carboxylic acid groups (broad SMARTS) is 1. The van der Waals surface area contributed by atoms with Gasteiger partial charge in [-0.3, -0.25) is 0 Å². The van der Waals surface area contributed by atoms with Gasteiger partial charge >= 0.3 is 5.97 Å². The first kappa shape index (κ1) is 13.6. The molecule has 0 atom stereocenters. The number of carboxylic acids is 1. The van der Waals surface area contributed by atoms with E-state index in [1.165, 1.54) is 0 Å². The van der Waals surface area contributed by atoms with E-state index in [0.717, 1.165) is 17.6 Å². The summed E-state index contributed by atoms with van der Waals surface area (Å²) < 4.78 is 0. The zero-order valence-corrected chi connectivity index (χ0v) is 10.7. The number of anilines is 1. The highest BCUT2D eigenvalue weighted by atomic mass is 35.5. The smallest absolute Gasteiger partial charge is 0.331 e. The van der Waals surface area contributed by atoms with Crippen LogP contribution in [0, 0.1) is 0 Å². The van der Waals surface area contributed by atoms with E-state index in [0.29, 0.717) is 22.7 Å². The second kappa shape index (κ2) is 5.73. The van der Waals surface area contributed by atoms with Crippen LogP contribution in [0.25, 0.3) is 5.57 Å². The van der Waals surface area contributed by atoms with Crippen LogP contribution in [0.5, 0.6) is 0 Å². The summed E-state index contributed by atoms with van der Waals surface area (Å²) in [4.78, 5) is 11.0. The van der Waals surface area contributed by atoms with Gasteiger partial charge in [-0.1, -0.05) is 31.0 Å². The Morgan fingerprint density at radius 2 is 2.12 bits per heavy atom. The molecule has 3 nitrogen and oxygen atoms in total. The first-order chi connectivity index (χ1) is 7.97. The van der Waals surface area contributed by atoms with Gasteiger partial charge in [-0.2, -0.15) is 0 Å². The molecule has 0 radical (unpaired) electrons. The van der Waals surface area contributed by atoms with Crippen LogP contribution in [-0.2, 0) is 4.79 Å². The monoisotopic (exact) mass is 253 g/mol. The fourth-order valence-corrected chi connectivity index (χ4v) is 1.78. The number of rotatable bonds is 4. The first-order valence-electron chi connectivity index (χ1n) is 5.45. The van der Waals surface area contributed by atoms with E-state index in [2.05, 4.69) is 0 Å². The Bertz CT molecular complexity index is 466. The van der Waals surface area contributed by atoms with Crippen molar-refractivity contribution in [3.8, 4) is 0 Å². The fraction of sp³-hybridized carbons (Fsp3) is 0.308. The molecule has 0 aliphatic rings. The number of carbonyl (C=O) groups is 1. The van der Waals surface area contributed by atoms with Crippen LogP contribution >= 0.6 is 11.6 Å². The lowest BCUT2D eigenvalue weighted by molar-refractivity contribution is -0.132. The summed E-state index contributed by atoms with van der Waals surface area (Å²) in [5.74, 6) is -0.901. The Hall–Kier alpha value is -1.48. The predicted molar refractivity (Wildman–Crippen MR) is 71.0 cm³/mol. The molecule has 0 fully saturated rings. The van der Waals surface area contributed by atoms with Gasteiger partial charge in [0.1, 0.15) is 0 Å². The molecular formula is C13H16ClNO2. The maximum atomic E-state index is 11.0. The zero-order chi connectivity index (χ0) is 13.0. The summed E-state index contributed by atoms with van der Waals surface area (Å²) in [7, 11) is 0. The lowest BCUT2D eigenvalue weighted by Gasteiger charge is -2.10. The molecule has 1 aromatic carbocycles. The SMILES string of the molecule is CCC/C(=C(\C)C(=O)O)c1ccc(Cl)c(N)c1. The molecule has 0 aliphatic heterocycles. The largest absolute Gasteiger partial charge is 0.478 e. The minimum Gasteiger partial charge on any atom is -0.478 e. The van der Waals surface area contributed by atoms with Crippen molar-refractivity contribution in [3.05, 3.63) is 34.4 Å². The van der Waals surface area contributed by atoms with Gasteiger partial charge in [0, 0.05) is 5.57 Å². The van der Waals surface area contributed by atoms with E-state index in [9.17, 15) is 4.79 Å². The number of allylic oxidation sites excluding steroid dienone is 1. The molecular weight excluding hydrogens is 238 g/mol. The highest BCUT2D eigenvalue weighted by Crippen LogP contribution is 2.28. The predicted octanol–water partition coefficient (Wildman–Crippen LogP) is 3.58. The highest BCUT2D eigenvalue weighted by Gasteiger charge is 2.11. The topological polar surface area (TPSA) is 63.3 Å². The van der Waals surface area contributed by atoms with Gasteiger partial charge in [-0.25, -0.2) is 4.79 Å². The van der Waals surface area contributed by atoms with Crippen LogP contribution in [-0.4, -0.2) is 11.1 Å². The van der Waals surface area contributed by atoms with Crippen molar-refractivity contribution in [2.45, 2.75) is 26.7 Å². The van der Waals surface area contributed by atoms with Gasteiger partial charge in [-0.15, -0.1) is 0 Å². The van der Waals surface area contributed by atoms with Crippen LogP contribution in [0.1, 0.15) is 32.3 Å². The molecule has 0 saturated heterocycles. The van der Waals surface area contributed by atoms with Gasteiger partial charge < -0.3 is 10.8 Å². The zero-order valence-electron chi connectivity index (χ0n) is 9.96. The molecule has 1 aromatic rings. The number of aliphatic carboxylic acids is 1. The standard InChI is InChI=1S/C13H16ClNO2/c1-3-4-10(8(2)13(16)17)9-5-6-11(14)12(15)7-9/h5-7H,3-4,15H2,1-2H3,(H,16,17)/b10-8-. The molecule has 17 heavy (non-hydrogen) atoms. The lowest BCUT2D eigenvalue weighted by atomic mass is 9.96. The summed E-state index contributed by atoms with van der Waals surface area (Å²) in [5, 5.41) is 9.53. The van der Waals surface area contributed by atoms with Crippen LogP contribution in [0.3, 0.4) is 0 Å². The van der Waals surface area contributed by atoms with Crippen LogP contribution in [0.15, 0.2) is 23.8 Å². The Balaban J connectivity index is 3.28. The van der Waals surface area contributed by atoms with E-state index in [4.69, 9.17) is 22.4 Å². The molecule has 0 bridgehead atoms. The normalized spacial score (nSPS) is 12.2. The van der Waals surface area contributed by atoms with E-state index in [1.807, 2.05) is 6.92 Å². The number of hydrogen-bond acceptors (Lipinski definition) is 2. The Morgan fingerprint density at radius 1 is 1.47 bits per heavy atom. The lowest BCUT2D eigenvalue weighted by Crippen LogP contribution is -2.01. The van der Waals surface area contributed by atoms with Gasteiger partial charge in [-0.05, 0) is 36.6 Å². The Morgan fingerprint density at radius 3 is 2.59 bits per heavy atom.